The molecule has 2 heterocycles. The normalized spacial score (nSPS) is 12.7. The summed E-state index contributed by atoms with van der Waals surface area (Å²) < 4.78 is 5.12. The van der Waals surface area contributed by atoms with Crippen LogP contribution in [0.1, 0.15) is 47.1 Å². The van der Waals surface area contributed by atoms with Crippen molar-refractivity contribution in [1.29, 1.82) is 0 Å². The minimum atomic E-state index is -0.677. The number of amides is 2. The molecule has 7 nitrogen and oxygen atoms in total. The topological polar surface area (TPSA) is 93.6 Å². The standard InChI is InChI=1S/C27H18N2O5/c1-16-23-24(20-9-5-6-10-21(20)28-16)26(32)29(25(23)31)19-13-11-18(12-14-19)27(33)34-15-22(30)17-7-3-2-4-8-17/h2-14H,15H2,1H3. The van der Waals surface area contributed by atoms with Gasteiger partial charge in [0.15, 0.2) is 12.4 Å². The Morgan fingerprint density at radius 1 is 0.794 bits per heavy atom. The maximum atomic E-state index is 13.3. The lowest BCUT2D eigenvalue weighted by Gasteiger charge is -2.14. The Kier molecular flexibility index (Phi) is 5.22. The Labute approximate surface area is 194 Å². The van der Waals surface area contributed by atoms with E-state index in [4.69, 9.17) is 4.74 Å². The minimum Gasteiger partial charge on any atom is -0.454 e. The van der Waals surface area contributed by atoms with Crippen LogP contribution in [0.2, 0.25) is 0 Å². The summed E-state index contributed by atoms with van der Waals surface area (Å²) in [5, 5.41) is 0.618. The van der Waals surface area contributed by atoms with Gasteiger partial charge in [0.1, 0.15) is 0 Å². The van der Waals surface area contributed by atoms with Crippen molar-refractivity contribution in [2.24, 2.45) is 0 Å². The van der Waals surface area contributed by atoms with Gasteiger partial charge in [-0.15, -0.1) is 0 Å². The molecule has 0 fully saturated rings. The molecule has 5 rings (SSSR count). The quantitative estimate of drug-likeness (QED) is 0.254. The highest BCUT2D eigenvalue weighted by molar-refractivity contribution is 6.37. The van der Waals surface area contributed by atoms with Gasteiger partial charge in [-0.2, -0.15) is 0 Å². The molecule has 0 bridgehead atoms. The molecule has 166 valence electrons. The van der Waals surface area contributed by atoms with Gasteiger partial charge in [0, 0.05) is 10.9 Å². The molecule has 1 aliphatic rings. The zero-order valence-corrected chi connectivity index (χ0v) is 18.1. The van der Waals surface area contributed by atoms with Gasteiger partial charge in [-0.3, -0.25) is 19.4 Å². The summed E-state index contributed by atoms with van der Waals surface area (Å²) in [6.07, 6.45) is 0. The number of Topliss-reactive ketones (excluding diaryl/α,β-unsaturated/α-hetero) is 1. The van der Waals surface area contributed by atoms with Gasteiger partial charge < -0.3 is 4.74 Å². The third-order valence-corrected chi connectivity index (χ3v) is 5.70. The van der Waals surface area contributed by atoms with E-state index < -0.39 is 17.8 Å². The Morgan fingerprint density at radius 2 is 1.44 bits per heavy atom. The van der Waals surface area contributed by atoms with E-state index in [0.29, 0.717) is 33.4 Å². The maximum Gasteiger partial charge on any atom is 0.338 e. The first-order valence-corrected chi connectivity index (χ1v) is 10.6. The van der Waals surface area contributed by atoms with Crippen LogP contribution in [-0.4, -0.2) is 35.2 Å². The van der Waals surface area contributed by atoms with E-state index in [0.717, 1.165) is 4.90 Å². The lowest BCUT2D eigenvalue weighted by molar-refractivity contribution is 0.0474. The molecule has 0 spiro atoms. The molecule has 0 saturated carbocycles. The van der Waals surface area contributed by atoms with Gasteiger partial charge in [-0.25, -0.2) is 9.69 Å². The number of pyridine rings is 1. The third kappa shape index (κ3) is 3.53. The molecule has 0 unspecified atom stereocenters. The molecule has 7 heteroatoms. The third-order valence-electron chi connectivity index (χ3n) is 5.70. The number of para-hydroxylation sites is 1. The van der Waals surface area contributed by atoms with Crippen LogP contribution in [0.25, 0.3) is 10.9 Å². The van der Waals surface area contributed by atoms with Crippen molar-refractivity contribution in [2.45, 2.75) is 6.92 Å². The Hall–Kier alpha value is -4.65. The van der Waals surface area contributed by atoms with Gasteiger partial charge in [0.25, 0.3) is 11.8 Å². The SMILES string of the molecule is Cc1nc2ccccc2c2c1C(=O)N(c1ccc(C(=O)OCC(=O)c3ccccc3)cc1)C2=O. The number of ketones is 1. The van der Waals surface area contributed by atoms with Crippen LogP contribution < -0.4 is 4.90 Å². The van der Waals surface area contributed by atoms with Gasteiger partial charge in [-0.05, 0) is 37.3 Å². The lowest BCUT2D eigenvalue weighted by Crippen LogP contribution is -2.29. The highest BCUT2D eigenvalue weighted by Gasteiger charge is 2.40. The molecular formula is C27H18N2O5. The van der Waals surface area contributed by atoms with Crippen LogP contribution in [0.4, 0.5) is 5.69 Å². The second-order valence-corrected chi connectivity index (χ2v) is 7.82. The van der Waals surface area contributed by atoms with Gasteiger partial charge >= 0.3 is 5.97 Å². The summed E-state index contributed by atoms with van der Waals surface area (Å²) in [6.45, 7) is 1.32. The summed E-state index contributed by atoms with van der Waals surface area (Å²) in [6, 6.07) is 21.6. The van der Waals surface area contributed by atoms with Crippen LogP contribution >= 0.6 is 0 Å². The molecule has 1 aromatic heterocycles. The first kappa shape index (κ1) is 21.2. The average molecular weight is 450 g/mol. The predicted molar refractivity (Wildman–Crippen MR) is 125 cm³/mol. The second kappa shape index (κ2) is 8.37. The fraction of sp³-hybridized carbons (Fsp3) is 0.0741. The Balaban J connectivity index is 1.36. The largest absolute Gasteiger partial charge is 0.454 e. The fourth-order valence-electron chi connectivity index (χ4n) is 4.04. The van der Waals surface area contributed by atoms with Crippen molar-refractivity contribution >= 4 is 40.2 Å². The number of aromatic nitrogens is 1. The number of carbonyl (C=O) groups excluding carboxylic acids is 4. The van der Waals surface area contributed by atoms with Crippen molar-refractivity contribution in [1.82, 2.24) is 4.98 Å². The first-order valence-electron chi connectivity index (χ1n) is 10.6. The van der Waals surface area contributed by atoms with E-state index in [1.165, 1.54) is 24.3 Å². The number of carbonyl (C=O) groups is 4. The highest BCUT2D eigenvalue weighted by atomic mass is 16.5. The molecule has 0 aliphatic carbocycles. The monoisotopic (exact) mass is 450 g/mol. The van der Waals surface area contributed by atoms with Crippen LogP contribution in [0.3, 0.4) is 0 Å². The zero-order chi connectivity index (χ0) is 23.8. The molecule has 2 amide bonds. The second-order valence-electron chi connectivity index (χ2n) is 7.82. The van der Waals surface area contributed by atoms with Crippen molar-refractivity contribution in [3.8, 4) is 0 Å². The molecule has 0 radical (unpaired) electrons. The van der Waals surface area contributed by atoms with Gasteiger partial charge in [0.2, 0.25) is 0 Å². The predicted octanol–water partition coefficient (Wildman–Crippen LogP) is 4.38. The van der Waals surface area contributed by atoms with Crippen LogP contribution in [-0.2, 0) is 4.74 Å². The smallest absolute Gasteiger partial charge is 0.338 e. The number of anilines is 1. The highest BCUT2D eigenvalue weighted by Crippen LogP contribution is 2.34. The maximum absolute atomic E-state index is 13.3. The zero-order valence-electron chi connectivity index (χ0n) is 18.1. The van der Waals surface area contributed by atoms with Crippen LogP contribution in [0.5, 0.6) is 0 Å². The van der Waals surface area contributed by atoms with E-state index in [1.807, 2.05) is 6.07 Å². The number of fused-ring (bicyclic) bond motifs is 3. The van der Waals surface area contributed by atoms with E-state index in [2.05, 4.69) is 4.98 Å². The number of rotatable bonds is 5. The van der Waals surface area contributed by atoms with Crippen LogP contribution in [0, 0.1) is 6.92 Å². The number of nitrogens with zero attached hydrogens (tertiary/aromatic N) is 2. The summed E-state index contributed by atoms with van der Waals surface area (Å²) in [5.41, 5.74) is 2.72. The van der Waals surface area contributed by atoms with Gasteiger partial charge in [0.05, 0.1) is 33.6 Å². The average Bonchev–Trinajstić information content (AvgIpc) is 3.14. The molecule has 34 heavy (non-hydrogen) atoms. The van der Waals surface area contributed by atoms with Crippen molar-refractivity contribution in [3.63, 3.8) is 0 Å². The molecule has 0 atom stereocenters. The first-order chi connectivity index (χ1) is 16.5. The minimum absolute atomic E-state index is 0.199. The summed E-state index contributed by atoms with van der Waals surface area (Å²) in [4.78, 5) is 56.5. The lowest BCUT2D eigenvalue weighted by atomic mass is 10.0. The number of esters is 1. The number of hydrogen-bond acceptors (Lipinski definition) is 6. The Bertz CT molecular complexity index is 1480. The number of ether oxygens (including phenoxy) is 1. The van der Waals surface area contributed by atoms with Crippen molar-refractivity contribution < 1.29 is 23.9 Å². The molecule has 0 N–H and O–H groups in total. The summed E-state index contributed by atoms with van der Waals surface area (Å²) in [7, 11) is 0. The van der Waals surface area contributed by atoms with E-state index in [-0.39, 0.29) is 23.5 Å². The molecular weight excluding hydrogens is 432 g/mol. The molecule has 0 saturated heterocycles. The van der Waals surface area contributed by atoms with E-state index in [9.17, 15) is 19.2 Å². The number of benzene rings is 3. The molecule has 1 aliphatic heterocycles. The molecule has 4 aromatic rings. The summed E-state index contributed by atoms with van der Waals surface area (Å²) >= 11 is 0. The molecule has 3 aromatic carbocycles. The number of imide groups is 1. The van der Waals surface area contributed by atoms with Crippen molar-refractivity contribution in [3.05, 3.63) is 107 Å². The summed E-state index contributed by atoms with van der Waals surface area (Å²) in [5.74, 6) is -1.89. The number of hydrogen-bond donors (Lipinski definition) is 0. The number of aryl methyl sites for hydroxylation is 1. The van der Waals surface area contributed by atoms with Crippen LogP contribution in [0.15, 0.2) is 78.9 Å². The van der Waals surface area contributed by atoms with Gasteiger partial charge in [-0.1, -0.05) is 48.5 Å². The van der Waals surface area contributed by atoms with E-state index in [1.54, 1.807) is 55.5 Å². The Morgan fingerprint density at radius 3 is 2.18 bits per heavy atom. The van der Waals surface area contributed by atoms with E-state index >= 15 is 0 Å². The fourth-order valence-corrected chi connectivity index (χ4v) is 4.04. The van der Waals surface area contributed by atoms with Crippen molar-refractivity contribution in [2.75, 3.05) is 11.5 Å².